The van der Waals surface area contributed by atoms with Crippen molar-refractivity contribution in [2.75, 3.05) is 0 Å². The van der Waals surface area contributed by atoms with Gasteiger partial charge in [0.25, 0.3) is 0 Å². The maximum absolute atomic E-state index is 12.3. The Kier molecular flexibility index (Phi) is 3.20. The first-order chi connectivity index (χ1) is 8.30. The number of benzene rings is 1. The molecule has 3 heteroatoms. The highest BCUT2D eigenvalue weighted by molar-refractivity contribution is 5.81. The van der Waals surface area contributed by atoms with E-state index in [4.69, 9.17) is 4.74 Å². The fourth-order valence-corrected chi connectivity index (χ4v) is 2.17. The zero-order chi connectivity index (χ0) is 13.4. The second-order valence-corrected chi connectivity index (χ2v) is 6.13. The fourth-order valence-electron chi connectivity index (χ4n) is 2.17. The van der Waals surface area contributed by atoms with Crippen LogP contribution in [-0.4, -0.2) is 17.1 Å². The van der Waals surface area contributed by atoms with Gasteiger partial charge in [-0.3, -0.25) is 10.1 Å². The zero-order valence-electron chi connectivity index (χ0n) is 11.5. The number of ether oxygens (including phenoxy) is 1. The number of carbonyl (C=O) groups is 1. The van der Waals surface area contributed by atoms with Crippen molar-refractivity contribution in [2.45, 2.75) is 51.8 Å². The number of nitrogens with one attached hydrogen (secondary N) is 1. The van der Waals surface area contributed by atoms with Gasteiger partial charge in [-0.1, -0.05) is 24.3 Å². The highest BCUT2D eigenvalue weighted by Gasteiger charge is 2.39. The highest BCUT2D eigenvalue weighted by atomic mass is 16.6. The van der Waals surface area contributed by atoms with Crippen molar-refractivity contribution < 1.29 is 9.53 Å². The normalized spacial score (nSPS) is 23.3. The van der Waals surface area contributed by atoms with E-state index in [1.807, 2.05) is 39.8 Å². The number of hydrogen-bond donors (Lipinski definition) is 1. The van der Waals surface area contributed by atoms with E-state index in [2.05, 4.69) is 17.4 Å². The van der Waals surface area contributed by atoms with Crippen molar-refractivity contribution in [3.05, 3.63) is 35.4 Å². The molecule has 0 aromatic heterocycles. The lowest BCUT2D eigenvalue weighted by atomic mass is 9.86. The van der Waals surface area contributed by atoms with Crippen LogP contribution in [0.5, 0.6) is 0 Å². The molecule has 0 radical (unpaired) electrons. The van der Waals surface area contributed by atoms with E-state index in [1.165, 1.54) is 11.1 Å². The third kappa shape index (κ3) is 2.72. The van der Waals surface area contributed by atoms with Gasteiger partial charge in [0.2, 0.25) is 0 Å². The van der Waals surface area contributed by atoms with Crippen molar-refractivity contribution >= 4 is 5.97 Å². The van der Waals surface area contributed by atoms with E-state index in [9.17, 15) is 4.79 Å². The van der Waals surface area contributed by atoms with Gasteiger partial charge in [0.1, 0.15) is 11.1 Å². The lowest BCUT2D eigenvalue weighted by Crippen LogP contribution is -2.55. The number of rotatable bonds is 1. The molecule has 0 saturated heterocycles. The van der Waals surface area contributed by atoms with Crippen LogP contribution in [0.3, 0.4) is 0 Å². The third-order valence-electron chi connectivity index (χ3n) is 3.18. The smallest absolute Gasteiger partial charge is 0.326 e. The van der Waals surface area contributed by atoms with Crippen molar-refractivity contribution in [2.24, 2.45) is 0 Å². The molecule has 1 aromatic rings. The second-order valence-electron chi connectivity index (χ2n) is 6.13. The minimum Gasteiger partial charge on any atom is -0.459 e. The van der Waals surface area contributed by atoms with Gasteiger partial charge in [-0.15, -0.1) is 0 Å². The Morgan fingerprint density at radius 2 is 1.89 bits per heavy atom. The zero-order valence-corrected chi connectivity index (χ0v) is 11.5. The van der Waals surface area contributed by atoms with Crippen LogP contribution in [-0.2, 0) is 22.5 Å². The quantitative estimate of drug-likeness (QED) is 0.775. The molecule has 1 aliphatic heterocycles. The average Bonchev–Trinajstić information content (AvgIpc) is 2.26. The summed E-state index contributed by atoms with van der Waals surface area (Å²) in [5.74, 6) is -0.176. The van der Waals surface area contributed by atoms with Gasteiger partial charge in [0, 0.05) is 13.0 Å². The Balaban J connectivity index is 2.18. The van der Waals surface area contributed by atoms with Crippen LogP contribution in [0.15, 0.2) is 24.3 Å². The van der Waals surface area contributed by atoms with Crippen molar-refractivity contribution in [3.8, 4) is 0 Å². The average molecular weight is 247 g/mol. The molecule has 1 atom stereocenters. The molecule has 18 heavy (non-hydrogen) atoms. The molecule has 0 aliphatic carbocycles. The minimum absolute atomic E-state index is 0.176. The Morgan fingerprint density at radius 3 is 2.50 bits per heavy atom. The molecule has 0 saturated carbocycles. The summed E-state index contributed by atoms with van der Waals surface area (Å²) in [6, 6.07) is 8.21. The largest absolute Gasteiger partial charge is 0.459 e. The monoisotopic (exact) mass is 247 g/mol. The van der Waals surface area contributed by atoms with Crippen molar-refractivity contribution in [1.29, 1.82) is 0 Å². The van der Waals surface area contributed by atoms with Gasteiger partial charge < -0.3 is 4.74 Å². The molecule has 3 nitrogen and oxygen atoms in total. The summed E-state index contributed by atoms with van der Waals surface area (Å²) in [5.41, 5.74) is 1.42. The first kappa shape index (κ1) is 13.1. The summed E-state index contributed by atoms with van der Waals surface area (Å²) >= 11 is 0. The van der Waals surface area contributed by atoms with Gasteiger partial charge in [-0.2, -0.15) is 0 Å². The summed E-state index contributed by atoms with van der Waals surface area (Å²) in [7, 11) is 0. The topological polar surface area (TPSA) is 38.3 Å². The van der Waals surface area contributed by atoms with E-state index in [1.54, 1.807) is 0 Å². The van der Waals surface area contributed by atoms with Crippen molar-refractivity contribution in [3.63, 3.8) is 0 Å². The SMILES string of the molecule is CC(C)(C)OC(=O)[C@@]1(C)Cc2ccccc2CN1. The Labute approximate surface area is 109 Å². The standard InChI is InChI=1S/C15H21NO2/c1-14(2,3)18-13(17)15(4)9-11-7-5-6-8-12(11)10-16-15/h5-8,16H,9-10H2,1-4H3/t15-/m1/s1. The van der Waals surface area contributed by atoms with Crippen LogP contribution in [0.4, 0.5) is 0 Å². The van der Waals surface area contributed by atoms with Crippen LogP contribution in [0, 0.1) is 0 Å². The molecule has 1 N–H and O–H groups in total. The number of esters is 1. The summed E-state index contributed by atoms with van der Waals surface area (Å²) in [6.07, 6.45) is 0.679. The molecule has 2 rings (SSSR count). The first-order valence-corrected chi connectivity index (χ1v) is 6.35. The molecule has 0 unspecified atom stereocenters. The van der Waals surface area contributed by atoms with E-state index in [-0.39, 0.29) is 5.97 Å². The Bertz CT molecular complexity index is 462. The molecule has 1 aliphatic rings. The fraction of sp³-hybridized carbons (Fsp3) is 0.533. The molecule has 1 heterocycles. The molecule has 98 valence electrons. The Hall–Kier alpha value is -1.35. The van der Waals surface area contributed by atoms with Gasteiger partial charge in [-0.05, 0) is 38.8 Å². The Morgan fingerprint density at radius 1 is 1.28 bits per heavy atom. The molecule has 1 aromatic carbocycles. The summed E-state index contributed by atoms with van der Waals surface area (Å²) in [5, 5.41) is 3.30. The van der Waals surface area contributed by atoms with Crippen LogP contribution >= 0.6 is 0 Å². The number of hydrogen-bond acceptors (Lipinski definition) is 3. The van der Waals surface area contributed by atoms with Gasteiger partial charge in [-0.25, -0.2) is 0 Å². The van der Waals surface area contributed by atoms with E-state index >= 15 is 0 Å². The van der Waals surface area contributed by atoms with E-state index < -0.39 is 11.1 Å². The maximum Gasteiger partial charge on any atom is 0.326 e. The lowest BCUT2D eigenvalue weighted by molar-refractivity contribution is -0.162. The predicted octanol–water partition coefficient (Wildman–Crippen LogP) is 2.43. The van der Waals surface area contributed by atoms with Crippen LogP contribution in [0.25, 0.3) is 0 Å². The van der Waals surface area contributed by atoms with Crippen LogP contribution < -0.4 is 5.32 Å². The second kappa shape index (κ2) is 4.39. The summed E-state index contributed by atoms with van der Waals surface area (Å²) < 4.78 is 5.49. The van der Waals surface area contributed by atoms with Crippen molar-refractivity contribution in [1.82, 2.24) is 5.32 Å². The van der Waals surface area contributed by atoms with E-state index in [0.717, 1.165) is 0 Å². The number of fused-ring (bicyclic) bond motifs is 1. The molecular formula is C15H21NO2. The lowest BCUT2D eigenvalue weighted by Gasteiger charge is -2.36. The van der Waals surface area contributed by atoms with Crippen LogP contribution in [0.2, 0.25) is 0 Å². The molecule has 0 fully saturated rings. The van der Waals surface area contributed by atoms with Gasteiger partial charge in [0.15, 0.2) is 0 Å². The first-order valence-electron chi connectivity index (χ1n) is 6.35. The summed E-state index contributed by atoms with van der Waals surface area (Å²) in [4.78, 5) is 12.3. The third-order valence-corrected chi connectivity index (χ3v) is 3.18. The van der Waals surface area contributed by atoms with Crippen LogP contribution in [0.1, 0.15) is 38.8 Å². The molecular weight excluding hydrogens is 226 g/mol. The van der Waals surface area contributed by atoms with E-state index in [0.29, 0.717) is 13.0 Å². The molecule has 0 amide bonds. The van der Waals surface area contributed by atoms with Gasteiger partial charge >= 0.3 is 5.97 Å². The molecule has 0 spiro atoms. The summed E-state index contributed by atoms with van der Waals surface area (Å²) in [6.45, 7) is 8.31. The maximum atomic E-state index is 12.3. The number of carbonyl (C=O) groups excluding carboxylic acids is 1. The minimum atomic E-state index is -0.623. The highest BCUT2D eigenvalue weighted by Crippen LogP contribution is 2.25. The molecule has 0 bridgehead atoms. The van der Waals surface area contributed by atoms with Gasteiger partial charge in [0.05, 0.1) is 0 Å². The predicted molar refractivity (Wildman–Crippen MR) is 71.2 cm³/mol.